The van der Waals surface area contributed by atoms with Crippen molar-refractivity contribution in [3.63, 3.8) is 0 Å². The number of aryl methyl sites for hydroxylation is 2. The van der Waals surface area contributed by atoms with Gasteiger partial charge in [-0.05, 0) is 65.8 Å². The van der Waals surface area contributed by atoms with Crippen molar-refractivity contribution < 1.29 is 0 Å². The number of benzene rings is 2. The lowest BCUT2D eigenvalue weighted by molar-refractivity contribution is 0.589. The molecule has 0 spiro atoms. The van der Waals surface area contributed by atoms with E-state index in [9.17, 15) is 0 Å². The Morgan fingerprint density at radius 2 is 1.52 bits per heavy atom. The Hall–Kier alpha value is -2.92. The molecule has 0 aliphatic rings. The standard InChI is InChI=1S/C26H28N4S/c1-18-15-21(26(3,4)5)16-19(2)23(18)17-31-25-29-28-24(20-11-13-27-14-12-20)30(25)22-9-7-6-8-10-22/h6-16H,17H2,1-5H3. The number of aromatic nitrogens is 4. The van der Waals surface area contributed by atoms with E-state index in [2.05, 4.69) is 78.6 Å². The van der Waals surface area contributed by atoms with Crippen molar-refractivity contribution in [3.05, 3.63) is 89.2 Å². The molecular formula is C26H28N4S. The zero-order chi connectivity index (χ0) is 22.0. The van der Waals surface area contributed by atoms with Crippen molar-refractivity contribution in [1.29, 1.82) is 0 Å². The van der Waals surface area contributed by atoms with Crippen molar-refractivity contribution in [2.24, 2.45) is 0 Å². The van der Waals surface area contributed by atoms with Crippen LogP contribution in [0.4, 0.5) is 0 Å². The second-order valence-corrected chi connectivity index (χ2v) is 9.78. The Bertz CT molecular complexity index is 1150. The lowest BCUT2D eigenvalue weighted by Gasteiger charge is -2.22. The van der Waals surface area contributed by atoms with Gasteiger partial charge in [0.05, 0.1) is 0 Å². The molecular weight excluding hydrogens is 400 g/mol. The molecule has 2 aromatic carbocycles. The number of rotatable bonds is 5. The molecule has 31 heavy (non-hydrogen) atoms. The Balaban J connectivity index is 1.70. The molecule has 158 valence electrons. The summed E-state index contributed by atoms with van der Waals surface area (Å²) in [7, 11) is 0. The summed E-state index contributed by atoms with van der Waals surface area (Å²) < 4.78 is 2.13. The summed E-state index contributed by atoms with van der Waals surface area (Å²) >= 11 is 1.73. The average Bonchev–Trinajstić information content (AvgIpc) is 3.17. The topological polar surface area (TPSA) is 43.6 Å². The van der Waals surface area contributed by atoms with E-state index < -0.39 is 0 Å². The minimum absolute atomic E-state index is 0.147. The third-order valence-corrected chi connectivity index (χ3v) is 6.45. The first-order valence-electron chi connectivity index (χ1n) is 10.5. The summed E-state index contributed by atoms with van der Waals surface area (Å²) in [5.41, 5.74) is 7.61. The lowest BCUT2D eigenvalue weighted by Crippen LogP contribution is -2.12. The van der Waals surface area contributed by atoms with Crippen molar-refractivity contribution in [2.75, 3.05) is 0 Å². The van der Waals surface area contributed by atoms with Gasteiger partial charge in [0, 0.05) is 29.4 Å². The predicted molar refractivity (Wildman–Crippen MR) is 129 cm³/mol. The third-order valence-electron chi connectivity index (χ3n) is 5.49. The van der Waals surface area contributed by atoms with Crippen LogP contribution in [0.15, 0.2) is 72.1 Å². The summed E-state index contributed by atoms with van der Waals surface area (Å²) in [4.78, 5) is 4.14. The maximum atomic E-state index is 4.56. The minimum atomic E-state index is 0.147. The van der Waals surface area contributed by atoms with Crippen LogP contribution in [0.1, 0.15) is 43.0 Å². The van der Waals surface area contributed by atoms with Gasteiger partial charge in [-0.25, -0.2) is 0 Å². The summed E-state index contributed by atoms with van der Waals surface area (Å²) in [5, 5.41) is 9.97. The average molecular weight is 429 g/mol. The van der Waals surface area contributed by atoms with Gasteiger partial charge in [-0.2, -0.15) is 0 Å². The molecule has 0 atom stereocenters. The highest BCUT2D eigenvalue weighted by Gasteiger charge is 2.19. The molecule has 0 aliphatic carbocycles. The zero-order valence-electron chi connectivity index (χ0n) is 18.8. The van der Waals surface area contributed by atoms with Crippen LogP contribution in [0.2, 0.25) is 0 Å². The highest BCUT2D eigenvalue weighted by molar-refractivity contribution is 7.98. The number of thioether (sulfide) groups is 1. The molecule has 4 rings (SSSR count). The van der Waals surface area contributed by atoms with Crippen molar-refractivity contribution >= 4 is 11.8 Å². The SMILES string of the molecule is Cc1cc(C(C)(C)C)cc(C)c1CSc1nnc(-c2ccncc2)n1-c1ccccc1. The van der Waals surface area contributed by atoms with Crippen LogP contribution in [0.3, 0.4) is 0 Å². The molecule has 0 bridgehead atoms. The van der Waals surface area contributed by atoms with Crippen LogP contribution >= 0.6 is 11.8 Å². The number of pyridine rings is 1. The van der Waals surface area contributed by atoms with Gasteiger partial charge in [0.2, 0.25) is 0 Å². The number of para-hydroxylation sites is 1. The van der Waals surface area contributed by atoms with Crippen LogP contribution in [-0.2, 0) is 11.2 Å². The van der Waals surface area contributed by atoms with Crippen LogP contribution in [0.25, 0.3) is 17.1 Å². The van der Waals surface area contributed by atoms with E-state index in [0.717, 1.165) is 28.0 Å². The molecule has 2 heterocycles. The normalized spacial score (nSPS) is 11.6. The molecule has 5 heteroatoms. The molecule has 0 fully saturated rings. The smallest absolute Gasteiger partial charge is 0.196 e. The quantitative estimate of drug-likeness (QED) is 0.339. The van der Waals surface area contributed by atoms with E-state index in [1.54, 1.807) is 24.2 Å². The van der Waals surface area contributed by atoms with Gasteiger partial charge in [-0.3, -0.25) is 9.55 Å². The van der Waals surface area contributed by atoms with Crippen molar-refractivity contribution in [1.82, 2.24) is 19.7 Å². The number of hydrogen-bond donors (Lipinski definition) is 0. The van der Waals surface area contributed by atoms with E-state index in [1.165, 1.54) is 22.3 Å². The second-order valence-electron chi connectivity index (χ2n) is 8.84. The minimum Gasteiger partial charge on any atom is -0.270 e. The van der Waals surface area contributed by atoms with Crippen molar-refractivity contribution in [2.45, 2.75) is 50.9 Å². The lowest BCUT2D eigenvalue weighted by atomic mass is 9.84. The zero-order valence-corrected chi connectivity index (χ0v) is 19.6. The van der Waals surface area contributed by atoms with Gasteiger partial charge in [-0.1, -0.05) is 62.9 Å². The van der Waals surface area contributed by atoms with Gasteiger partial charge < -0.3 is 0 Å². The van der Waals surface area contributed by atoms with Crippen LogP contribution in [0, 0.1) is 13.8 Å². The predicted octanol–water partition coefficient (Wildman–Crippen LogP) is 6.54. The molecule has 0 N–H and O–H groups in total. The van der Waals surface area contributed by atoms with Gasteiger partial charge in [0.15, 0.2) is 11.0 Å². The molecule has 2 aromatic heterocycles. The molecule has 4 aromatic rings. The molecule has 0 radical (unpaired) electrons. The maximum absolute atomic E-state index is 4.56. The highest BCUT2D eigenvalue weighted by atomic mass is 32.2. The van der Waals surface area contributed by atoms with E-state index >= 15 is 0 Å². The van der Waals surface area contributed by atoms with Gasteiger partial charge in [0.1, 0.15) is 0 Å². The fourth-order valence-electron chi connectivity index (χ4n) is 3.65. The first kappa shape index (κ1) is 21.3. The van der Waals surface area contributed by atoms with E-state index in [1.807, 2.05) is 30.3 Å². The Morgan fingerprint density at radius 3 is 2.13 bits per heavy atom. The second kappa shape index (κ2) is 8.67. The van der Waals surface area contributed by atoms with E-state index in [4.69, 9.17) is 0 Å². The Morgan fingerprint density at radius 1 is 0.871 bits per heavy atom. The monoisotopic (exact) mass is 428 g/mol. The Kier molecular flexibility index (Phi) is 5.96. The molecule has 0 unspecified atom stereocenters. The summed E-state index contributed by atoms with van der Waals surface area (Å²) in [6.07, 6.45) is 3.57. The summed E-state index contributed by atoms with van der Waals surface area (Å²) in [5.74, 6) is 1.68. The molecule has 0 aliphatic heterocycles. The molecule has 0 amide bonds. The van der Waals surface area contributed by atoms with Crippen LogP contribution < -0.4 is 0 Å². The van der Waals surface area contributed by atoms with Gasteiger partial charge >= 0.3 is 0 Å². The molecule has 4 nitrogen and oxygen atoms in total. The van der Waals surface area contributed by atoms with E-state index in [-0.39, 0.29) is 5.41 Å². The number of nitrogens with zero attached hydrogens (tertiary/aromatic N) is 4. The van der Waals surface area contributed by atoms with E-state index in [0.29, 0.717) is 0 Å². The fraction of sp³-hybridized carbons (Fsp3) is 0.269. The maximum Gasteiger partial charge on any atom is 0.196 e. The van der Waals surface area contributed by atoms with Gasteiger partial charge in [-0.15, -0.1) is 10.2 Å². The number of hydrogen-bond acceptors (Lipinski definition) is 4. The summed E-state index contributed by atoms with van der Waals surface area (Å²) in [6, 6.07) is 18.9. The van der Waals surface area contributed by atoms with Crippen LogP contribution in [-0.4, -0.2) is 19.7 Å². The first-order chi connectivity index (χ1) is 14.8. The highest BCUT2D eigenvalue weighted by Crippen LogP contribution is 2.33. The largest absolute Gasteiger partial charge is 0.270 e. The fourth-order valence-corrected chi connectivity index (χ4v) is 4.80. The van der Waals surface area contributed by atoms with Crippen LogP contribution in [0.5, 0.6) is 0 Å². The van der Waals surface area contributed by atoms with Gasteiger partial charge in [0.25, 0.3) is 0 Å². The first-order valence-corrected chi connectivity index (χ1v) is 11.5. The Labute approximate surface area is 188 Å². The molecule has 0 saturated carbocycles. The summed E-state index contributed by atoms with van der Waals surface area (Å²) in [6.45, 7) is 11.2. The molecule has 0 saturated heterocycles. The third kappa shape index (κ3) is 4.57. The van der Waals surface area contributed by atoms with Crippen molar-refractivity contribution in [3.8, 4) is 17.1 Å².